The number of aromatic nitrogens is 1. The van der Waals surface area contributed by atoms with Crippen molar-refractivity contribution in [2.45, 2.75) is 42.0 Å². The van der Waals surface area contributed by atoms with Crippen LogP contribution in [0.15, 0.2) is 58.4 Å². The van der Waals surface area contributed by atoms with Gasteiger partial charge in [-0.15, -0.1) is 11.8 Å². The number of thioether (sulfide) groups is 1. The van der Waals surface area contributed by atoms with Gasteiger partial charge in [0.2, 0.25) is 5.91 Å². The first-order valence-corrected chi connectivity index (χ1v) is 13.3. The molecule has 5 unspecified atom stereocenters. The molecule has 5 atom stereocenters. The number of methoxy groups -OCH3 is 1. The van der Waals surface area contributed by atoms with Crippen molar-refractivity contribution in [3.63, 3.8) is 0 Å². The fourth-order valence-corrected chi connectivity index (χ4v) is 9.30. The lowest BCUT2D eigenvalue weighted by Crippen LogP contribution is -2.34. The lowest BCUT2D eigenvalue weighted by atomic mass is 9.75. The van der Waals surface area contributed by atoms with Gasteiger partial charge in [-0.25, -0.2) is 4.39 Å². The van der Waals surface area contributed by atoms with Gasteiger partial charge < -0.3 is 10.1 Å². The Morgan fingerprint density at radius 3 is 2.59 bits per heavy atom. The van der Waals surface area contributed by atoms with Crippen LogP contribution in [0.1, 0.15) is 35.6 Å². The Kier molecular flexibility index (Phi) is 5.53. The summed E-state index contributed by atoms with van der Waals surface area (Å²) in [5, 5.41) is 4.24. The summed E-state index contributed by atoms with van der Waals surface area (Å²) in [4.78, 5) is 26.9. The summed E-state index contributed by atoms with van der Waals surface area (Å²) < 4.78 is 20.5. The molecule has 3 aromatic rings. The molecule has 1 aliphatic heterocycles. The molecule has 1 amide bonds. The minimum atomic E-state index is -0.250. The van der Waals surface area contributed by atoms with Gasteiger partial charge in [0.25, 0.3) is 0 Å². The van der Waals surface area contributed by atoms with E-state index in [2.05, 4.69) is 5.32 Å². The fraction of sp³-hybridized carbons (Fsp3) is 0.385. The molecule has 2 heterocycles. The van der Waals surface area contributed by atoms with Crippen LogP contribution in [0.3, 0.4) is 0 Å². The van der Waals surface area contributed by atoms with Gasteiger partial charge >= 0.3 is 4.87 Å². The molecule has 2 aromatic carbocycles. The highest BCUT2D eigenvalue weighted by Gasteiger charge is 2.55. The third-order valence-electron chi connectivity index (χ3n) is 7.60. The van der Waals surface area contributed by atoms with E-state index in [1.54, 1.807) is 47.7 Å². The van der Waals surface area contributed by atoms with Crippen molar-refractivity contribution in [2.75, 3.05) is 12.4 Å². The summed E-state index contributed by atoms with van der Waals surface area (Å²) in [5.74, 6) is 2.07. The largest absolute Gasteiger partial charge is 0.497 e. The predicted molar refractivity (Wildman–Crippen MR) is 132 cm³/mol. The first-order valence-electron chi connectivity index (χ1n) is 11.6. The zero-order valence-corrected chi connectivity index (χ0v) is 20.3. The maximum Gasteiger partial charge on any atom is 0.308 e. The summed E-state index contributed by atoms with van der Waals surface area (Å²) in [6, 6.07) is 13.9. The van der Waals surface area contributed by atoms with Crippen LogP contribution in [-0.2, 0) is 11.3 Å². The first kappa shape index (κ1) is 21.9. The number of thiazole rings is 1. The van der Waals surface area contributed by atoms with Crippen LogP contribution in [0, 0.1) is 23.6 Å². The number of benzene rings is 2. The second-order valence-corrected chi connectivity index (χ2v) is 11.6. The van der Waals surface area contributed by atoms with Crippen LogP contribution in [-0.4, -0.2) is 22.8 Å². The van der Waals surface area contributed by atoms with Gasteiger partial charge in [-0.2, -0.15) is 0 Å². The maximum absolute atomic E-state index is 13.7. The highest BCUT2D eigenvalue weighted by molar-refractivity contribution is 8.00. The van der Waals surface area contributed by atoms with Crippen molar-refractivity contribution in [1.82, 2.24) is 4.57 Å². The van der Waals surface area contributed by atoms with Gasteiger partial charge in [0, 0.05) is 21.7 Å². The quantitative estimate of drug-likeness (QED) is 0.517. The summed E-state index contributed by atoms with van der Waals surface area (Å²) in [6.07, 6.45) is 3.70. The Hall–Kier alpha value is -2.58. The molecule has 5 nitrogen and oxygen atoms in total. The van der Waals surface area contributed by atoms with E-state index in [-0.39, 0.29) is 29.1 Å². The molecule has 176 valence electrons. The molecule has 34 heavy (non-hydrogen) atoms. The van der Waals surface area contributed by atoms with Crippen molar-refractivity contribution in [3.8, 4) is 5.75 Å². The van der Waals surface area contributed by atoms with Gasteiger partial charge in [-0.1, -0.05) is 23.5 Å². The summed E-state index contributed by atoms with van der Waals surface area (Å²) in [5.41, 5.74) is 1.73. The van der Waals surface area contributed by atoms with Crippen LogP contribution >= 0.6 is 23.1 Å². The van der Waals surface area contributed by atoms with E-state index < -0.39 is 0 Å². The number of hydrogen-bond donors (Lipinski definition) is 1. The van der Waals surface area contributed by atoms with Crippen LogP contribution in [0.4, 0.5) is 10.1 Å². The number of amides is 1. The Bertz CT molecular complexity index is 1280. The first-order chi connectivity index (χ1) is 16.5. The van der Waals surface area contributed by atoms with Crippen molar-refractivity contribution in [2.24, 2.45) is 17.8 Å². The van der Waals surface area contributed by atoms with Crippen LogP contribution in [0.2, 0.25) is 0 Å². The Balaban J connectivity index is 1.33. The minimum absolute atomic E-state index is 0.0225. The molecule has 2 saturated carbocycles. The highest BCUT2D eigenvalue weighted by atomic mass is 32.2. The molecule has 6 rings (SSSR count). The smallest absolute Gasteiger partial charge is 0.308 e. The minimum Gasteiger partial charge on any atom is -0.497 e. The van der Waals surface area contributed by atoms with Crippen molar-refractivity contribution in [3.05, 3.63) is 74.5 Å². The third kappa shape index (κ3) is 3.67. The van der Waals surface area contributed by atoms with E-state index in [4.69, 9.17) is 4.74 Å². The van der Waals surface area contributed by atoms with Gasteiger partial charge in [-0.05, 0) is 79.0 Å². The Morgan fingerprint density at radius 1 is 1.12 bits per heavy atom. The average molecular weight is 497 g/mol. The highest BCUT2D eigenvalue weighted by Crippen LogP contribution is 2.64. The van der Waals surface area contributed by atoms with Crippen LogP contribution in [0.25, 0.3) is 0 Å². The zero-order chi connectivity index (χ0) is 23.4. The van der Waals surface area contributed by atoms with E-state index >= 15 is 0 Å². The second-order valence-electron chi connectivity index (χ2n) is 9.42. The molecule has 0 radical (unpaired) electrons. The number of carbonyl (C=O) groups excluding carboxylic acids is 1. The summed E-state index contributed by atoms with van der Waals surface area (Å²) in [7, 11) is 1.59. The number of carbonyl (C=O) groups is 1. The van der Waals surface area contributed by atoms with Gasteiger partial charge in [0.15, 0.2) is 0 Å². The predicted octanol–water partition coefficient (Wildman–Crippen LogP) is 5.35. The SMILES string of the molecule is COc1ccc(NC(=O)Cn2c3c(sc2=O)C(c2ccc(F)cc2)C2C4CCC(C4)C2S3)cc1. The summed E-state index contributed by atoms with van der Waals surface area (Å²) >= 11 is 3.05. The number of fused-ring (bicyclic) bond motifs is 6. The Morgan fingerprint density at radius 2 is 1.85 bits per heavy atom. The van der Waals surface area contributed by atoms with Gasteiger partial charge in [0.05, 0.1) is 12.1 Å². The lowest BCUT2D eigenvalue weighted by molar-refractivity contribution is -0.116. The van der Waals surface area contributed by atoms with Crippen molar-refractivity contribution in [1.29, 1.82) is 0 Å². The van der Waals surface area contributed by atoms with E-state index in [1.165, 1.54) is 42.7 Å². The lowest BCUT2D eigenvalue weighted by Gasteiger charge is -2.40. The van der Waals surface area contributed by atoms with E-state index in [9.17, 15) is 14.0 Å². The second kappa shape index (κ2) is 8.57. The third-order valence-corrected chi connectivity index (χ3v) is 10.4. The monoisotopic (exact) mass is 496 g/mol. The fourth-order valence-electron chi connectivity index (χ4n) is 6.15. The number of anilines is 1. The number of ether oxygens (including phenoxy) is 1. The number of nitrogens with one attached hydrogen (secondary N) is 1. The zero-order valence-electron chi connectivity index (χ0n) is 18.7. The number of hydrogen-bond acceptors (Lipinski definition) is 5. The Labute approximate surface area is 205 Å². The molecular formula is C26H25FN2O3S2. The molecular weight excluding hydrogens is 471 g/mol. The summed E-state index contributed by atoms with van der Waals surface area (Å²) in [6.45, 7) is -0.0225. The van der Waals surface area contributed by atoms with Crippen molar-refractivity contribution < 1.29 is 13.9 Å². The molecule has 3 aliphatic rings. The van der Waals surface area contributed by atoms with E-state index in [0.29, 0.717) is 34.4 Å². The molecule has 8 heteroatoms. The maximum atomic E-state index is 13.7. The standard InChI is InChI=1S/C26H25FN2O3S2/c1-32-19-10-8-18(9-11-19)28-20(30)13-29-25-24(34-26(29)31)21(14-4-6-17(27)7-5-14)22-15-2-3-16(12-15)23(22)33-25/h4-11,15-16,21-23H,2-3,12-13H2,1H3,(H,28,30). The topological polar surface area (TPSA) is 60.3 Å². The van der Waals surface area contributed by atoms with E-state index in [0.717, 1.165) is 15.5 Å². The molecule has 0 saturated heterocycles. The number of nitrogens with zero attached hydrogens (tertiary/aromatic N) is 1. The normalized spacial score (nSPS) is 26.7. The number of rotatable bonds is 5. The molecule has 2 bridgehead atoms. The van der Waals surface area contributed by atoms with E-state index in [1.807, 2.05) is 12.1 Å². The number of halogens is 1. The van der Waals surface area contributed by atoms with Crippen LogP contribution < -0.4 is 14.9 Å². The van der Waals surface area contributed by atoms with Gasteiger partial charge in [0.1, 0.15) is 18.1 Å². The molecule has 1 aromatic heterocycles. The molecule has 2 fully saturated rings. The molecule has 2 aliphatic carbocycles. The average Bonchev–Trinajstić information content (AvgIpc) is 3.53. The van der Waals surface area contributed by atoms with Gasteiger partial charge in [-0.3, -0.25) is 14.2 Å². The molecule has 0 spiro atoms. The molecule has 1 N–H and O–H groups in total. The van der Waals surface area contributed by atoms with Crippen LogP contribution in [0.5, 0.6) is 5.75 Å². The van der Waals surface area contributed by atoms with Crippen molar-refractivity contribution >= 4 is 34.7 Å².